The van der Waals surface area contributed by atoms with Gasteiger partial charge in [-0.1, -0.05) is 12.1 Å². The van der Waals surface area contributed by atoms with Gasteiger partial charge in [-0.25, -0.2) is 17.7 Å². The highest BCUT2D eigenvalue weighted by atomic mass is 32.2. The second-order valence-corrected chi connectivity index (χ2v) is 9.00. The highest BCUT2D eigenvalue weighted by molar-refractivity contribution is 7.88. The maximum absolute atomic E-state index is 12.5. The number of anilines is 1. The van der Waals surface area contributed by atoms with Gasteiger partial charge in [0.05, 0.1) is 12.2 Å². The lowest BCUT2D eigenvalue weighted by molar-refractivity contribution is -0.120. The number of hydrogen-bond acceptors (Lipinski definition) is 5. The maximum atomic E-state index is 12.5. The summed E-state index contributed by atoms with van der Waals surface area (Å²) in [6.07, 6.45) is 2.54. The SMILES string of the molecule is CS(=O)(=O)N1CCCC(C(=O)Nc2ccc(-c3nc4ccccc4o3)cc2)C1. The molecule has 0 bridgehead atoms. The van der Waals surface area contributed by atoms with Crippen LogP contribution in [0.25, 0.3) is 22.6 Å². The molecule has 1 N–H and O–H groups in total. The zero-order valence-electron chi connectivity index (χ0n) is 15.5. The average molecular weight is 399 g/mol. The number of benzene rings is 2. The van der Waals surface area contributed by atoms with E-state index in [9.17, 15) is 13.2 Å². The quantitative estimate of drug-likeness (QED) is 0.728. The van der Waals surface area contributed by atoms with Crippen molar-refractivity contribution in [3.05, 3.63) is 48.5 Å². The number of carbonyl (C=O) groups is 1. The fourth-order valence-electron chi connectivity index (χ4n) is 3.39. The molecule has 0 aliphatic carbocycles. The molecule has 146 valence electrons. The van der Waals surface area contributed by atoms with Crippen molar-refractivity contribution in [2.24, 2.45) is 5.92 Å². The zero-order chi connectivity index (χ0) is 19.7. The van der Waals surface area contributed by atoms with Gasteiger partial charge in [0.15, 0.2) is 5.58 Å². The topological polar surface area (TPSA) is 92.5 Å². The van der Waals surface area contributed by atoms with Crippen molar-refractivity contribution in [2.45, 2.75) is 12.8 Å². The number of hydrogen-bond donors (Lipinski definition) is 1. The van der Waals surface area contributed by atoms with Crippen molar-refractivity contribution >= 4 is 32.7 Å². The van der Waals surface area contributed by atoms with Crippen molar-refractivity contribution in [2.75, 3.05) is 24.7 Å². The number of para-hydroxylation sites is 2. The van der Waals surface area contributed by atoms with Crippen LogP contribution in [0.4, 0.5) is 5.69 Å². The molecule has 1 atom stereocenters. The van der Waals surface area contributed by atoms with Crippen LogP contribution in [-0.2, 0) is 14.8 Å². The van der Waals surface area contributed by atoms with E-state index in [0.717, 1.165) is 16.7 Å². The molecule has 1 aromatic heterocycles. The number of aromatic nitrogens is 1. The molecule has 2 heterocycles. The molecular formula is C20H21N3O4S. The van der Waals surface area contributed by atoms with Gasteiger partial charge >= 0.3 is 0 Å². The summed E-state index contributed by atoms with van der Waals surface area (Å²) in [5.41, 5.74) is 2.99. The number of amides is 1. The first kappa shape index (κ1) is 18.6. The summed E-state index contributed by atoms with van der Waals surface area (Å²) in [6.45, 7) is 0.702. The molecule has 0 radical (unpaired) electrons. The molecule has 4 rings (SSSR count). The highest BCUT2D eigenvalue weighted by Crippen LogP contribution is 2.26. The van der Waals surface area contributed by atoms with Gasteiger partial charge in [-0.2, -0.15) is 0 Å². The lowest BCUT2D eigenvalue weighted by atomic mass is 9.98. The minimum atomic E-state index is -3.28. The van der Waals surface area contributed by atoms with Gasteiger partial charge in [0.25, 0.3) is 0 Å². The van der Waals surface area contributed by atoms with Crippen molar-refractivity contribution in [3.63, 3.8) is 0 Å². The summed E-state index contributed by atoms with van der Waals surface area (Å²) in [4.78, 5) is 17.0. The number of nitrogens with one attached hydrogen (secondary N) is 1. The van der Waals surface area contributed by atoms with Crippen LogP contribution in [0.1, 0.15) is 12.8 Å². The van der Waals surface area contributed by atoms with Gasteiger partial charge in [-0.15, -0.1) is 0 Å². The summed E-state index contributed by atoms with van der Waals surface area (Å²) in [7, 11) is -3.28. The summed E-state index contributed by atoms with van der Waals surface area (Å²) in [5, 5.41) is 2.88. The smallest absolute Gasteiger partial charge is 0.228 e. The Morgan fingerprint density at radius 3 is 2.64 bits per heavy atom. The number of oxazole rings is 1. The fourth-order valence-corrected chi connectivity index (χ4v) is 4.31. The number of nitrogens with zero attached hydrogens (tertiary/aromatic N) is 2. The largest absolute Gasteiger partial charge is 0.436 e. The Morgan fingerprint density at radius 1 is 1.18 bits per heavy atom. The Hall–Kier alpha value is -2.71. The van der Waals surface area contributed by atoms with E-state index in [1.165, 1.54) is 10.6 Å². The van der Waals surface area contributed by atoms with E-state index in [0.29, 0.717) is 31.0 Å². The van der Waals surface area contributed by atoms with Crippen molar-refractivity contribution < 1.29 is 17.6 Å². The van der Waals surface area contributed by atoms with E-state index in [2.05, 4.69) is 10.3 Å². The number of piperidine rings is 1. The molecule has 1 aliphatic heterocycles. The predicted octanol–water partition coefficient (Wildman–Crippen LogP) is 3.10. The van der Waals surface area contributed by atoms with Crippen LogP contribution >= 0.6 is 0 Å². The van der Waals surface area contributed by atoms with Crippen LogP contribution in [0.3, 0.4) is 0 Å². The molecule has 1 amide bonds. The van der Waals surface area contributed by atoms with Gasteiger partial charge < -0.3 is 9.73 Å². The normalized spacial score (nSPS) is 18.2. The Balaban J connectivity index is 1.45. The molecule has 8 heteroatoms. The molecule has 1 aliphatic rings. The summed E-state index contributed by atoms with van der Waals surface area (Å²) in [5.74, 6) is 0.0123. The van der Waals surface area contributed by atoms with Crippen molar-refractivity contribution in [3.8, 4) is 11.5 Å². The lowest BCUT2D eigenvalue weighted by Crippen LogP contribution is -2.43. The molecule has 1 saturated heterocycles. The third-order valence-electron chi connectivity index (χ3n) is 4.92. The minimum absolute atomic E-state index is 0.164. The monoisotopic (exact) mass is 399 g/mol. The Bertz CT molecular complexity index is 1070. The van der Waals surface area contributed by atoms with E-state index in [-0.39, 0.29) is 18.4 Å². The summed E-state index contributed by atoms with van der Waals surface area (Å²) in [6, 6.07) is 14.8. The van der Waals surface area contributed by atoms with Gasteiger partial charge in [0, 0.05) is 24.3 Å². The van der Waals surface area contributed by atoms with Crippen molar-refractivity contribution in [1.29, 1.82) is 0 Å². The van der Waals surface area contributed by atoms with E-state index >= 15 is 0 Å². The molecule has 0 saturated carbocycles. The molecule has 1 fully saturated rings. The molecule has 7 nitrogen and oxygen atoms in total. The second-order valence-electron chi connectivity index (χ2n) is 7.01. The van der Waals surface area contributed by atoms with Crippen LogP contribution in [0.15, 0.2) is 52.9 Å². The van der Waals surface area contributed by atoms with Crippen LogP contribution in [-0.4, -0.2) is 43.0 Å². The molecule has 28 heavy (non-hydrogen) atoms. The standard InChI is InChI=1S/C20H21N3O4S/c1-28(25,26)23-12-4-5-15(13-23)19(24)21-16-10-8-14(9-11-16)20-22-17-6-2-3-7-18(17)27-20/h2-3,6-11,15H,4-5,12-13H2,1H3,(H,21,24). The third kappa shape index (κ3) is 3.93. The second kappa shape index (κ2) is 7.37. The van der Waals surface area contributed by atoms with Crippen LogP contribution in [0.5, 0.6) is 0 Å². The molecule has 2 aromatic carbocycles. The van der Waals surface area contributed by atoms with E-state index < -0.39 is 10.0 Å². The van der Waals surface area contributed by atoms with Crippen LogP contribution in [0.2, 0.25) is 0 Å². The third-order valence-corrected chi connectivity index (χ3v) is 6.19. The van der Waals surface area contributed by atoms with Crippen LogP contribution in [0, 0.1) is 5.92 Å². The first-order valence-electron chi connectivity index (χ1n) is 9.12. The minimum Gasteiger partial charge on any atom is -0.436 e. The zero-order valence-corrected chi connectivity index (χ0v) is 16.3. The fraction of sp³-hybridized carbons (Fsp3) is 0.300. The summed E-state index contributed by atoms with van der Waals surface area (Å²) < 4.78 is 30.6. The Morgan fingerprint density at radius 2 is 1.93 bits per heavy atom. The molecule has 0 spiro atoms. The van der Waals surface area contributed by atoms with Gasteiger partial charge in [-0.3, -0.25) is 4.79 Å². The first-order valence-corrected chi connectivity index (χ1v) is 11.0. The van der Waals surface area contributed by atoms with Gasteiger partial charge in [0.2, 0.25) is 21.8 Å². The summed E-state index contributed by atoms with van der Waals surface area (Å²) >= 11 is 0. The number of sulfonamides is 1. The van der Waals surface area contributed by atoms with Gasteiger partial charge in [-0.05, 0) is 49.2 Å². The van der Waals surface area contributed by atoms with E-state index in [4.69, 9.17) is 4.42 Å². The predicted molar refractivity (Wildman–Crippen MR) is 107 cm³/mol. The maximum Gasteiger partial charge on any atom is 0.228 e. The Labute approximate surface area is 163 Å². The van der Waals surface area contributed by atoms with E-state index in [1.807, 2.05) is 36.4 Å². The molecule has 1 unspecified atom stereocenters. The lowest BCUT2D eigenvalue weighted by Gasteiger charge is -2.30. The number of fused-ring (bicyclic) bond motifs is 1. The Kier molecular flexibility index (Phi) is 4.91. The number of rotatable bonds is 4. The van der Waals surface area contributed by atoms with Crippen LogP contribution < -0.4 is 5.32 Å². The average Bonchev–Trinajstić information content (AvgIpc) is 3.12. The highest BCUT2D eigenvalue weighted by Gasteiger charge is 2.30. The van der Waals surface area contributed by atoms with Crippen molar-refractivity contribution in [1.82, 2.24) is 9.29 Å². The molecule has 3 aromatic rings. The van der Waals surface area contributed by atoms with E-state index in [1.54, 1.807) is 12.1 Å². The first-order chi connectivity index (χ1) is 13.4. The van der Waals surface area contributed by atoms with Gasteiger partial charge in [0.1, 0.15) is 5.52 Å². The molecular weight excluding hydrogens is 378 g/mol. The number of carbonyl (C=O) groups excluding carboxylic acids is 1.